The number of carbonyl (C=O) groups is 1. The summed E-state index contributed by atoms with van der Waals surface area (Å²) >= 11 is 0. The zero-order valence-electron chi connectivity index (χ0n) is 34.0. The molecule has 9 nitrogen and oxygen atoms in total. The van der Waals surface area contributed by atoms with Gasteiger partial charge < -0.3 is 39.4 Å². The van der Waals surface area contributed by atoms with Crippen LogP contribution < -0.4 is 0 Å². The molecular weight excluding hydrogens is 684 g/mol. The minimum atomic E-state index is -1.54. The lowest BCUT2D eigenvalue weighted by atomic mass is 9.99. The molecule has 0 radical (unpaired) electrons. The van der Waals surface area contributed by atoms with Crippen molar-refractivity contribution in [1.82, 2.24) is 0 Å². The van der Waals surface area contributed by atoms with Gasteiger partial charge in [-0.2, -0.15) is 0 Å². The van der Waals surface area contributed by atoms with Crippen LogP contribution in [0.25, 0.3) is 0 Å². The van der Waals surface area contributed by atoms with Crippen LogP contribution in [0, 0.1) is 0 Å². The van der Waals surface area contributed by atoms with E-state index in [4.69, 9.17) is 18.9 Å². The predicted molar refractivity (Wildman–Crippen MR) is 219 cm³/mol. The van der Waals surface area contributed by atoms with Crippen molar-refractivity contribution in [3.63, 3.8) is 0 Å². The number of esters is 1. The molecule has 9 heteroatoms. The van der Waals surface area contributed by atoms with Crippen LogP contribution >= 0.6 is 0 Å². The van der Waals surface area contributed by atoms with Crippen molar-refractivity contribution in [1.29, 1.82) is 0 Å². The van der Waals surface area contributed by atoms with Gasteiger partial charge in [-0.1, -0.05) is 152 Å². The van der Waals surface area contributed by atoms with Crippen LogP contribution in [0.15, 0.2) is 60.8 Å². The van der Waals surface area contributed by atoms with Crippen molar-refractivity contribution in [3.8, 4) is 0 Å². The molecule has 0 spiro atoms. The topological polar surface area (TPSA) is 135 Å². The van der Waals surface area contributed by atoms with E-state index < -0.39 is 43.4 Å². The van der Waals surface area contributed by atoms with Gasteiger partial charge in [-0.15, -0.1) is 0 Å². The number of rotatable bonds is 35. The summed E-state index contributed by atoms with van der Waals surface area (Å²) in [4.78, 5) is 12.7. The van der Waals surface area contributed by atoms with E-state index >= 15 is 0 Å². The number of unbranched alkanes of at least 4 members (excludes halogenated alkanes) is 14. The maximum Gasteiger partial charge on any atom is 0.306 e. The Morgan fingerprint density at radius 2 is 1.13 bits per heavy atom. The fraction of sp³-hybridized carbons (Fsp3) is 0.756. The molecule has 0 aromatic carbocycles. The number of aliphatic hydroxyl groups is 4. The third kappa shape index (κ3) is 27.5. The van der Waals surface area contributed by atoms with Gasteiger partial charge in [0.05, 0.1) is 19.8 Å². The molecule has 4 N–H and O–H groups in total. The molecule has 0 saturated carbocycles. The lowest BCUT2D eigenvalue weighted by Gasteiger charge is -2.39. The quantitative estimate of drug-likeness (QED) is 0.0283. The minimum Gasteiger partial charge on any atom is -0.457 e. The highest BCUT2D eigenvalue weighted by molar-refractivity contribution is 5.69. The molecule has 0 aliphatic carbocycles. The Morgan fingerprint density at radius 1 is 0.611 bits per heavy atom. The Kier molecular flexibility index (Phi) is 33.8. The predicted octanol–water partition coefficient (Wildman–Crippen LogP) is 9.13. The number of hydrogen-bond donors (Lipinski definition) is 4. The Balaban J connectivity index is 2.16. The highest BCUT2D eigenvalue weighted by Crippen LogP contribution is 2.22. The summed E-state index contributed by atoms with van der Waals surface area (Å²) in [7, 11) is 0. The standard InChI is InChI=1S/C45H78O9/c1-3-5-7-9-11-12-13-14-15-16-17-18-19-20-21-22-23-24-25-26-27-28-29-30-32-34-41(47)53-39(37-51-35-33-31-10-8-6-4-2)38-52-45-44(50)43(49)42(48)40(36-46)54-45/h5,7,11-12,14-15,17-18,20-21,39-40,42-46,48-50H,3-4,6,8-10,13,16,19,22-38H2,1-2H3/b7-5-,12-11-,15-14-,18-17-,21-20-. The Labute approximate surface area is 328 Å². The summed E-state index contributed by atoms with van der Waals surface area (Å²) in [5.74, 6) is -0.326. The molecule has 1 aliphatic rings. The second-order valence-electron chi connectivity index (χ2n) is 14.4. The maximum atomic E-state index is 12.7. The van der Waals surface area contributed by atoms with Crippen molar-refractivity contribution in [2.45, 2.75) is 192 Å². The van der Waals surface area contributed by atoms with Crippen LogP contribution in [-0.2, 0) is 23.7 Å². The molecule has 1 heterocycles. The van der Waals surface area contributed by atoms with E-state index in [1.165, 1.54) is 64.2 Å². The summed E-state index contributed by atoms with van der Waals surface area (Å²) in [6.45, 7) is 4.37. The van der Waals surface area contributed by atoms with Gasteiger partial charge in [0.1, 0.15) is 30.5 Å². The molecule has 1 aliphatic heterocycles. The van der Waals surface area contributed by atoms with Gasteiger partial charge in [0.25, 0.3) is 0 Å². The number of aliphatic hydroxyl groups excluding tert-OH is 4. The fourth-order valence-corrected chi connectivity index (χ4v) is 6.11. The molecule has 1 fully saturated rings. The smallest absolute Gasteiger partial charge is 0.306 e. The highest BCUT2D eigenvalue weighted by Gasteiger charge is 2.44. The van der Waals surface area contributed by atoms with Crippen LogP contribution in [0.2, 0.25) is 0 Å². The highest BCUT2D eigenvalue weighted by atomic mass is 16.7. The molecule has 6 atom stereocenters. The molecule has 1 rings (SSSR count). The van der Waals surface area contributed by atoms with Crippen LogP contribution in [0.1, 0.15) is 155 Å². The zero-order valence-corrected chi connectivity index (χ0v) is 34.0. The van der Waals surface area contributed by atoms with Crippen LogP contribution in [0.4, 0.5) is 0 Å². The first-order valence-corrected chi connectivity index (χ1v) is 21.4. The number of ether oxygens (including phenoxy) is 4. The summed E-state index contributed by atoms with van der Waals surface area (Å²) in [5, 5.41) is 39.9. The second-order valence-corrected chi connectivity index (χ2v) is 14.4. The van der Waals surface area contributed by atoms with Crippen molar-refractivity contribution in [3.05, 3.63) is 60.8 Å². The van der Waals surface area contributed by atoms with Gasteiger partial charge in [0.15, 0.2) is 6.29 Å². The molecule has 0 aromatic rings. The first kappa shape index (κ1) is 49.9. The first-order valence-electron chi connectivity index (χ1n) is 21.4. The lowest BCUT2D eigenvalue weighted by Crippen LogP contribution is -2.59. The third-order valence-corrected chi connectivity index (χ3v) is 9.45. The van der Waals surface area contributed by atoms with Gasteiger partial charge in [-0.3, -0.25) is 4.79 Å². The molecule has 6 unspecified atom stereocenters. The Hall–Kier alpha value is -2.11. The Bertz CT molecular complexity index is 1010. The van der Waals surface area contributed by atoms with E-state index in [0.29, 0.717) is 13.0 Å². The number of hydrogen-bond acceptors (Lipinski definition) is 9. The van der Waals surface area contributed by atoms with Gasteiger partial charge >= 0.3 is 5.97 Å². The van der Waals surface area contributed by atoms with E-state index in [2.05, 4.69) is 74.6 Å². The summed E-state index contributed by atoms with van der Waals surface area (Å²) in [5.41, 5.74) is 0. The largest absolute Gasteiger partial charge is 0.457 e. The third-order valence-electron chi connectivity index (χ3n) is 9.45. The second kappa shape index (κ2) is 36.5. The lowest BCUT2D eigenvalue weighted by molar-refractivity contribution is -0.305. The van der Waals surface area contributed by atoms with E-state index in [1.807, 2.05) is 0 Å². The van der Waals surface area contributed by atoms with Crippen LogP contribution in [0.5, 0.6) is 0 Å². The number of carbonyl (C=O) groups excluding carboxylic acids is 1. The SMILES string of the molecule is CC/C=C\C/C=C\C/C=C\C/C=C\C/C=C\CCCCCCCCCCCC(=O)OC(COCCCCCCCC)COC1OC(CO)C(O)C(O)C1O. The van der Waals surface area contributed by atoms with E-state index in [1.54, 1.807) is 0 Å². The monoisotopic (exact) mass is 763 g/mol. The first-order chi connectivity index (χ1) is 26.4. The summed E-state index contributed by atoms with van der Waals surface area (Å²) in [6, 6.07) is 0. The van der Waals surface area contributed by atoms with E-state index in [0.717, 1.165) is 70.6 Å². The van der Waals surface area contributed by atoms with E-state index in [-0.39, 0.29) is 19.2 Å². The number of allylic oxidation sites excluding steroid dienone is 10. The maximum absolute atomic E-state index is 12.7. The van der Waals surface area contributed by atoms with Crippen molar-refractivity contribution in [2.75, 3.05) is 26.4 Å². The van der Waals surface area contributed by atoms with Gasteiger partial charge in [-0.25, -0.2) is 0 Å². The Morgan fingerprint density at radius 3 is 1.70 bits per heavy atom. The zero-order chi connectivity index (χ0) is 39.3. The van der Waals surface area contributed by atoms with Gasteiger partial charge in [0.2, 0.25) is 0 Å². The molecule has 312 valence electrons. The molecule has 0 bridgehead atoms. The van der Waals surface area contributed by atoms with Crippen molar-refractivity contribution >= 4 is 5.97 Å². The molecule has 1 saturated heterocycles. The van der Waals surface area contributed by atoms with Crippen molar-refractivity contribution < 1.29 is 44.2 Å². The normalized spacial score (nSPS) is 21.5. The van der Waals surface area contributed by atoms with Crippen molar-refractivity contribution in [2.24, 2.45) is 0 Å². The van der Waals surface area contributed by atoms with Crippen LogP contribution in [0.3, 0.4) is 0 Å². The molecule has 0 aromatic heterocycles. The summed E-state index contributed by atoms with van der Waals surface area (Å²) < 4.78 is 22.6. The van der Waals surface area contributed by atoms with Gasteiger partial charge in [-0.05, 0) is 57.8 Å². The average Bonchev–Trinajstić information content (AvgIpc) is 3.17. The fourth-order valence-electron chi connectivity index (χ4n) is 6.11. The molecule has 54 heavy (non-hydrogen) atoms. The van der Waals surface area contributed by atoms with E-state index in [9.17, 15) is 25.2 Å². The van der Waals surface area contributed by atoms with Crippen LogP contribution in [-0.4, -0.2) is 89.6 Å². The minimum absolute atomic E-state index is 0.118. The molecule has 0 amide bonds. The average molecular weight is 763 g/mol. The summed E-state index contributed by atoms with van der Waals surface area (Å²) in [6.07, 6.45) is 38.4. The van der Waals surface area contributed by atoms with Gasteiger partial charge in [0, 0.05) is 13.0 Å². The molecular formula is C45H78O9.